The van der Waals surface area contributed by atoms with Gasteiger partial charge in [-0.2, -0.15) is 0 Å². The van der Waals surface area contributed by atoms with E-state index >= 15 is 0 Å². The second-order valence-electron chi connectivity index (χ2n) is 4.92. The van der Waals surface area contributed by atoms with Gasteiger partial charge in [0.05, 0.1) is 0 Å². The minimum atomic E-state index is 0.317. The Hall–Kier alpha value is -1.28. The Morgan fingerprint density at radius 2 is 2.31 bits per heavy atom. The molecule has 0 amide bonds. The molecule has 0 bridgehead atoms. The lowest BCUT2D eigenvalue weighted by Gasteiger charge is -2.20. The first-order valence-electron chi connectivity index (χ1n) is 5.99. The number of aliphatic hydroxyl groups excluding tert-OH is 1. The van der Waals surface area contributed by atoms with Gasteiger partial charge in [0.2, 0.25) is 0 Å². The Balaban J connectivity index is 2.15. The highest BCUT2D eigenvalue weighted by Gasteiger charge is 2.21. The molecule has 3 rings (SSSR count). The number of aliphatic hydroxyl groups is 1. The smallest absolute Gasteiger partial charge is 0.0462 e. The topological polar surface area (TPSA) is 36.0 Å². The van der Waals surface area contributed by atoms with Gasteiger partial charge in [-0.3, -0.25) is 0 Å². The lowest BCUT2D eigenvalue weighted by Crippen LogP contribution is -2.16. The Labute approximate surface area is 95.3 Å². The van der Waals surface area contributed by atoms with Crippen LogP contribution in [0.1, 0.15) is 23.2 Å². The van der Waals surface area contributed by atoms with E-state index in [1.807, 2.05) is 0 Å². The summed E-state index contributed by atoms with van der Waals surface area (Å²) in [6, 6.07) is 6.56. The summed E-state index contributed by atoms with van der Waals surface area (Å²) in [4.78, 5) is 3.51. The largest absolute Gasteiger partial charge is 0.396 e. The molecule has 0 aliphatic heterocycles. The third-order valence-electron chi connectivity index (χ3n) is 3.70. The number of rotatable bonds is 1. The highest BCUT2D eigenvalue weighted by atomic mass is 16.3. The molecular weight excluding hydrogens is 198 g/mol. The van der Waals surface area contributed by atoms with E-state index in [2.05, 4.69) is 30.1 Å². The van der Waals surface area contributed by atoms with Gasteiger partial charge in [-0.15, -0.1) is 0 Å². The molecule has 0 saturated carbocycles. The van der Waals surface area contributed by atoms with Crippen LogP contribution in [0.15, 0.2) is 18.2 Å². The SMILES string of the molecule is Cc1ccc2[nH]c3c(c2c1)CC(CO)CC3. The van der Waals surface area contributed by atoms with Gasteiger partial charge in [0.25, 0.3) is 0 Å². The monoisotopic (exact) mass is 215 g/mol. The van der Waals surface area contributed by atoms with Crippen LogP contribution in [0.2, 0.25) is 0 Å². The average molecular weight is 215 g/mol. The molecular formula is C14H17NO. The van der Waals surface area contributed by atoms with E-state index in [1.165, 1.54) is 27.7 Å². The summed E-state index contributed by atoms with van der Waals surface area (Å²) >= 11 is 0. The van der Waals surface area contributed by atoms with Gasteiger partial charge < -0.3 is 10.1 Å². The molecule has 1 aromatic carbocycles. The second kappa shape index (κ2) is 3.63. The van der Waals surface area contributed by atoms with E-state index in [0.29, 0.717) is 12.5 Å². The van der Waals surface area contributed by atoms with Crippen LogP contribution in [-0.4, -0.2) is 16.7 Å². The van der Waals surface area contributed by atoms with Gasteiger partial charge in [-0.25, -0.2) is 0 Å². The normalized spacial score (nSPS) is 20.0. The molecule has 2 N–H and O–H groups in total. The van der Waals surface area contributed by atoms with E-state index in [-0.39, 0.29) is 0 Å². The summed E-state index contributed by atoms with van der Waals surface area (Å²) < 4.78 is 0. The maximum atomic E-state index is 9.27. The fourth-order valence-electron chi connectivity index (χ4n) is 2.76. The number of H-pyrrole nitrogens is 1. The lowest BCUT2D eigenvalue weighted by atomic mass is 9.87. The van der Waals surface area contributed by atoms with Crippen LogP contribution in [0.25, 0.3) is 10.9 Å². The van der Waals surface area contributed by atoms with E-state index in [4.69, 9.17) is 0 Å². The number of hydrogen-bond donors (Lipinski definition) is 2. The summed E-state index contributed by atoms with van der Waals surface area (Å²) in [5, 5.41) is 10.6. The quantitative estimate of drug-likeness (QED) is 0.753. The predicted octanol–water partition coefficient (Wildman–Crippen LogP) is 2.57. The summed E-state index contributed by atoms with van der Waals surface area (Å²) in [5.74, 6) is 0.451. The third-order valence-corrected chi connectivity index (χ3v) is 3.70. The van der Waals surface area contributed by atoms with Crippen molar-refractivity contribution < 1.29 is 5.11 Å². The Bertz CT molecular complexity index is 527. The molecule has 1 aromatic heterocycles. The van der Waals surface area contributed by atoms with Crippen molar-refractivity contribution in [2.75, 3.05) is 6.61 Å². The van der Waals surface area contributed by atoms with Crippen molar-refractivity contribution in [3.8, 4) is 0 Å². The molecule has 84 valence electrons. The lowest BCUT2D eigenvalue weighted by molar-refractivity contribution is 0.213. The van der Waals surface area contributed by atoms with Gasteiger partial charge in [-0.1, -0.05) is 11.6 Å². The molecule has 1 aliphatic carbocycles. The van der Waals surface area contributed by atoms with Crippen LogP contribution in [0.4, 0.5) is 0 Å². The van der Waals surface area contributed by atoms with Crippen molar-refractivity contribution in [2.24, 2.45) is 5.92 Å². The van der Waals surface area contributed by atoms with E-state index in [9.17, 15) is 5.11 Å². The molecule has 1 aliphatic rings. The van der Waals surface area contributed by atoms with Crippen molar-refractivity contribution >= 4 is 10.9 Å². The van der Waals surface area contributed by atoms with Gasteiger partial charge in [-0.05, 0) is 49.8 Å². The number of fused-ring (bicyclic) bond motifs is 3. The van der Waals surface area contributed by atoms with Crippen LogP contribution in [0.3, 0.4) is 0 Å². The molecule has 0 spiro atoms. The van der Waals surface area contributed by atoms with Gasteiger partial charge in [0.1, 0.15) is 0 Å². The molecule has 1 atom stereocenters. The number of aromatic nitrogens is 1. The van der Waals surface area contributed by atoms with Gasteiger partial charge in [0, 0.05) is 23.2 Å². The number of benzene rings is 1. The zero-order valence-corrected chi connectivity index (χ0v) is 9.59. The molecule has 2 aromatic rings. The standard InChI is InChI=1S/C14H17NO/c1-9-2-4-13-11(6-9)12-7-10(8-16)3-5-14(12)15-13/h2,4,6,10,15-16H,3,5,7-8H2,1H3. The third kappa shape index (κ3) is 1.45. The average Bonchev–Trinajstić information content (AvgIpc) is 2.66. The number of aromatic amines is 1. The van der Waals surface area contributed by atoms with Crippen molar-refractivity contribution in [1.29, 1.82) is 0 Å². The molecule has 1 heterocycles. The first-order chi connectivity index (χ1) is 7.78. The summed E-state index contributed by atoms with van der Waals surface area (Å²) in [7, 11) is 0. The molecule has 1 unspecified atom stereocenters. The fraction of sp³-hybridized carbons (Fsp3) is 0.429. The van der Waals surface area contributed by atoms with Crippen molar-refractivity contribution in [1.82, 2.24) is 4.98 Å². The Morgan fingerprint density at radius 3 is 3.12 bits per heavy atom. The highest BCUT2D eigenvalue weighted by molar-refractivity contribution is 5.85. The minimum Gasteiger partial charge on any atom is -0.396 e. The molecule has 0 fully saturated rings. The first kappa shape index (κ1) is 9.91. The number of hydrogen-bond acceptors (Lipinski definition) is 1. The zero-order valence-electron chi connectivity index (χ0n) is 9.59. The van der Waals surface area contributed by atoms with Crippen LogP contribution < -0.4 is 0 Å². The van der Waals surface area contributed by atoms with Crippen molar-refractivity contribution in [3.63, 3.8) is 0 Å². The van der Waals surface area contributed by atoms with E-state index in [0.717, 1.165) is 19.3 Å². The Kier molecular flexibility index (Phi) is 2.25. The predicted molar refractivity (Wildman–Crippen MR) is 65.6 cm³/mol. The number of aryl methyl sites for hydroxylation is 2. The van der Waals surface area contributed by atoms with Gasteiger partial charge >= 0.3 is 0 Å². The highest BCUT2D eigenvalue weighted by Crippen LogP contribution is 2.31. The van der Waals surface area contributed by atoms with Crippen molar-refractivity contribution in [3.05, 3.63) is 35.0 Å². The maximum Gasteiger partial charge on any atom is 0.0462 e. The molecule has 16 heavy (non-hydrogen) atoms. The summed E-state index contributed by atoms with van der Waals surface area (Å²) in [6.07, 6.45) is 3.21. The van der Waals surface area contributed by atoms with E-state index < -0.39 is 0 Å². The van der Waals surface area contributed by atoms with Crippen LogP contribution in [0.5, 0.6) is 0 Å². The van der Waals surface area contributed by atoms with Crippen LogP contribution in [0, 0.1) is 12.8 Å². The van der Waals surface area contributed by atoms with Crippen LogP contribution in [-0.2, 0) is 12.8 Å². The minimum absolute atomic E-state index is 0.317. The molecule has 0 radical (unpaired) electrons. The maximum absolute atomic E-state index is 9.27. The van der Waals surface area contributed by atoms with Crippen LogP contribution >= 0.6 is 0 Å². The molecule has 2 heteroatoms. The molecule has 0 saturated heterocycles. The fourth-order valence-corrected chi connectivity index (χ4v) is 2.76. The first-order valence-corrected chi connectivity index (χ1v) is 5.99. The van der Waals surface area contributed by atoms with Crippen molar-refractivity contribution in [2.45, 2.75) is 26.2 Å². The zero-order chi connectivity index (χ0) is 11.1. The van der Waals surface area contributed by atoms with E-state index in [1.54, 1.807) is 0 Å². The Morgan fingerprint density at radius 1 is 1.44 bits per heavy atom. The number of nitrogens with one attached hydrogen (secondary N) is 1. The molecule has 2 nitrogen and oxygen atoms in total. The van der Waals surface area contributed by atoms with Gasteiger partial charge in [0.15, 0.2) is 0 Å². The second-order valence-corrected chi connectivity index (χ2v) is 4.92. The summed E-state index contributed by atoms with van der Waals surface area (Å²) in [6.45, 7) is 2.45. The summed E-state index contributed by atoms with van der Waals surface area (Å²) in [5.41, 5.74) is 5.36.